The molecule has 1 aliphatic heterocycles. The molecular formula is C15H24N6. The van der Waals surface area contributed by atoms with Gasteiger partial charge >= 0.3 is 0 Å². The number of hydrogen-bond acceptors (Lipinski definition) is 5. The number of fused-ring (bicyclic) bond motifs is 1. The lowest BCUT2D eigenvalue weighted by Gasteiger charge is -2.35. The van der Waals surface area contributed by atoms with E-state index in [0.717, 1.165) is 50.5 Å². The van der Waals surface area contributed by atoms with Gasteiger partial charge in [0, 0.05) is 38.6 Å². The number of piperazine rings is 1. The van der Waals surface area contributed by atoms with Crippen LogP contribution >= 0.6 is 0 Å². The summed E-state index contributed by atoms with van der Waals surface area (Å²) in [7, 11) is 0. The van der Waals surface area contributed by atoms with E-state index in [-0.39, 0.29) is 0 Å². The molecule has 6 heteroatoms. The van der Waals surface area contributed by atoms with Gasteiger partial charge in [0.25, 0.3) is 0 Å². The van der Waals surface area contributed by atoms with Crippen LogP contribution in [0.5, 0.6) is 0 Å². The fraction of sp³-hybridized carbons (Fsp3) is 0.600. The molecule has 1 aliphatic rings. The topological polar surface area (TPSA) is 62.7 Å². The Labute approximate surface area is 125 Å². The van der Waals surface area contributed by atoms with Crippen LogP contribution < -0.4 is 10.6 Å². The molecule has 0 aliphatic carbocycles. The van der Waals surface area contributed by atoms with Crippen LogP contribution in [0.2, 0.25) is 0 Å². The highest BCUT2D eigenvalue weighted by Crippen LogP contribution is 2.19. The Morgan fingerprint density at radius 2 is 1.90 bits per heavy atom. The average molecular weight is 288 g/mol. The predicted molar refractivity (Wildman–Crippen MR) is 84.5 cm³/mol. The summed E-state index contributed by atoms with van der Waals surface area (Å²) >= 11 is 0. The second kappa shape index (κ2) is 6.87. The Balaban J connectivity index is 1.55. The Morgan fingerprint density at radius 3 is 2.71 bits per heavy atom. The second-order valence-corrected chi connectivity index (χ2v) is 5.59. The van der Waals surface area contributed by atoms with Crippen molar-refractivity contribution in [1.29, 1.82) is 0 Å². The summed E-state index contributed by atoms with van der Waals surface area (Å²) in [6.45, 7) is 6.30. The van der Waals surface area contributed by atoms with Gasteiger partial charge in [-0.05, 0) is 32.0 Å². The van der Waals surface area contributed by atoms with Gasteiger partial charge in [0.1, 0.15) is 5.52 Å². The van der Waals surface area contributed by atoms with E-state index in [0.29, 0.717) is 0 Å². The highest BCUT2D eigenvalue weighted by molar-refractivity contribution is 5.68. The van der Waals surface area contributed by atoms with Gasteiger partial charge in [-0.3, -0.25) is 4.90 Å². The number of anilines is 1. The van der Waals surface area contributed by atoms with Crippen molar-refractivity contribution in [3.05, 3.63) is 24.7 Å². The van der Waals surface area contributed by atoms with Gasteiger partial charge in [0.05, 0.1) is 6.20 Å². The lowest BCUT2D eigenvalue weighted by molar-refractivity contribution is 0.252. The molecule has 0 radical (unpaired) electrons. The summed E-state index contributed by atoms with van der Waals surface area (Å²) in [4.78, 5) is 9.46. The first-order valence-corrected chi connectivity index (χ1v) is 7.84. The Kier molecular flexibility index (Phi) is 4.67. The minimum atomic E-state index is 0.814. The summed E-state index contributed by atoms with van der Waals surface area (Å²) in [6.07, 6.45) is 9.20. The van der Waals surface area contributed by atoms with Gasteiger partial charge < -0.3 is 10.6 Å². The summed E-state index contributed by atoms with van der Waals surface area (Å²) in [6, 6.07) is 2.03. The monoisotopic (exact) mass is 288 g/mol. The molecule has 0 atom stereocenters. The van der Waals surface area contributed by atoms with Crippen molar-refractivity contribution >= 4 is 11.3 Å². The molecule has 2 N–H and O–H groups in total. The normalized spacial score (nSPS) is 16.7. The van der Waals surface area contributed by atoms with Crippen molar-refractivity contribution in [2.75, 3.05) is 44.2 Å². The molecule has 2 aromatic rings. The first kappa shape index (κ1) is 14.3. The molecule has 0 aromatic carbocycles. The van der Waals surface area contributed by atoms with Gasteiger partial charge in [-0.25, -0.2) is 9.50 Å². The van der Waals surface area contributed by atoms with Crippen LogP contribution in [0.4, 0.5) is 5.82 Å². The molecule has 0 spiro atoms. The average Bonchev–Trinajstić information content (AvgIpc) is 3.01. The van der Waals surface area contributed by atoms with Crippen molar-refractivity contribution in [3.8, 4) is 0 Å². The van der Waals surface area contributed by atoms with E-state index in [1.54, 1.807) is 0 Å². The SMILES string of the molecule is NCCCCCN1CCN(c2nccn3nccc23)CC1. The van der Waals surface area contributed by atoms with Crippen LogP contribution in [-0.2, 0) is 0 Å². The molecular weight excluding hydrogens is 264 g/mol. The zero-order chi connectivity index (χ0) is 14.5. The molecule has 6 nitrogen and oxygen atoms in total. The third-order valence-corrected chi connectivity index (χ3v) is 4.15. The molecule has 3 rings (SSSR count). The fourth-order valence-electron chi connectivity index (χ4n) is 2.93. The van der Waals surface area contributed by atoms with Gasteiger partial charge in [-0.1, -0.05) is 6.42 Å². The first-order chi connectivity index (χ1) is 10.4. The van der Waals surface area contributed by atoms with Gasteiger partial charge in [0.15, 0.2) is 5.82 Å². The maximum absolute atomic E-state index is 5.53. The van der Waals surface area contributed by atoms with E-state index in [1.165, 1.54) is 19.4 Å². The van der Waals surface area contributed by atoms with Crippen LogP contribution in [0.1, 0.15) is 19.3 Å². The van der Waals surface area contributed by atoms with Crippen LogP contribution in [0.3, 0.4) is 0 Å². The Hall–Kier alpha value is -1.66. The molecule has 0 unspecified atom stereocenters. The second-order valence-electron chi connectivity index (χ2n) is 5.59. The fourth-order valence-corrected chi connectivity index (χ4v) is 2.93. The predicted octanol–water partition coefficient (Wildman–Crippen LogP) is 0.980. The Bertz CT molecular complexity index is 558. The highest BCUT2D eigenvalue weighted by atomic mass is 15.3. The third-order valence-electron chi connectivity index (χ3n) is 4.15. The zero-order valence-electron chi connectivity index (χ0n) is 12.5. The lowest BCUT2D eigenvalue weighted by Crippen LogP contribution is -2.47. The third kappa shape index (κ3) is 3.33. The summed E-state index contributed by atoms with van der Waals surface area (Å²) in [5.41, 5.74) is 6.62. The molecule has 1 saturated heterocycles. The minimum absolute atomic E-state index is 0.814. The van der Waals surface area contributed by atoms with Crippen molar-refractivity contribution in [2.45, 2.75) is 19.3 Å². The smallest absolute Gasteiger partial charge is 0.154 e. The lowest BCUT2D eigenvalue weighted by atomic mass is 10.2. The van der Waals surface area contributed by atoms with Crippen LogP contribution in [0.15, 0.2) is 24.7 Å². The maximum Gasteiger partial charge on any atom is 0.154 e. The minimum Gasteiger partial charge on any atom is -0.352 e. The van der Waals surface area contributed by atoms with E-state index < -0.39 is 0 Å². The van der Waals surface area contributed by atoms with Crippen molar-refractivity contribution in [1.82, 2.24) is 19.5 Å². The first-order valence-electron chi connectivity index (χ1n) is 7.84. The van der Waals surface area contributed by atoms with E-state index >= 15 is 0 Å². The van der Waals surface area contributed by atoms with Crippen molar-refractivity contribution < 1.29 is 0 Å². The summed E-state index contributed by atoms with van der Waals surface area (Å²) < 4.78 is 1.89. The molecule has 114 valence electrons. The zero-order valence-corrected chi connectivity index (χ0v) is 12.5. The van der Waals surface area contributed by atoms with E-state index in [2.05, 4.69) is 19.9 Å². The molecule has 2 aromatic heterocycles. The van der Waals surface area contributed by atoms with E-state index in [4.69, 9.17) is 5.73 Å². The van der Waals surface area contributed by atoms with E-state index in [1.807, 2.05) is 29.2 Å². The van der Waals surface area contributed by atoms with Crippen LogP contribution in [-0.4, -0.2) is 58.8 Å². The molecule has 0 saturated carbocycles. The van der Waals surface area contributed by atoms with Gasteiger partial charge in [0.2, 0.25) is 0 Å². The highest BCUT2D eigenvalue weighted by Gasteiger charge is 2.19. The molecule has 1 fully saturated rings. The van der Waals surface area contributed by atoms with Crippen molar-refractivity contribution in [2.24, 2.45) is 5.73 Å². The van der Waals surface area contributed by atoms with Gasteiger partial charge in [-0.2, -0.15) is 5.10 Å². The Morgan fingerprint density at radius 1 is 1.05 bits per heavy atom. The van der Waals surface area contributed by atoms with Crippen molar-refractivity contribution in [3.63, 3.8) is 0 Å². The summed E-state index contributed by atoms with van der Waals surface area (Å²) in [5, 5.41) is 4.28. The largest absolute Gasteiger partial charge is 0.352 e. The number of unbranched alkanes of at least 4 members (excludes halogenated alkanes) is 2. The molecule has 0 amide bonds. The van der Waals surface area contributed by atoms with E-state index in [9.17, 15) is 0 Å². The molecule has 0 bridgehead atoms. The number of aromatic nitrogens is 3. The molecule has 3 heterocycles. The standard InChI is InChI=1S/C15H24N6/c16-5-2-1-3-8-19-10-12-20(13-11-19)15-14-4-6-18-21(14)9-7-17-15/h4,6-7,9H,1-3,5,8,10-13,16H2. The molecule has 21 heavy (non-hydrogen) atoms. The number of rotatable bonds is 6. The number of nitrogens with zero attached hydrogens (tertiary/aromatic N) is 5. The number of nitrogens with two attached hydrogens (primary N) is 1. The number of hydrogen-bond donors (Lipinski definition) is 1. The van der Waals surface area contributed by atoms with Crippen LogP contribution in [0, 0.1) is 0 Å². The van der Waals surface area contributed by atoms with Gasteiger partial charge in [-0.15, -0.1) is 0 Å². The summed E-state index contributed by atoms with van der Waals surface area (Å²) in [5.74, 6) is 1.05. The van der Waals surface area contributed by atoms with Crippen LogP contribution in [0.25, 0.3) is 5.52 Å². The maximum atomic E-state index is 5.53. The quantitative estimate of drug-likeness (QED) is 0.803.